The zero-order chi connectivity index (χ0) is 44.0. The summed E-state index contributed by atoms with van der Waals surface area (Å²) in [7, 11) is 6.39. The van der Waals surface area contributed by atoms with E-state index in [-0.39, 0.29) is 11.9 Å². The maximum Gasteiger partial charge on any atom is 0.240 e. The molecule has 12 nitrogen and oxygen atoms in total. The van der Waals surface area contributed by atoms with Crippen LogP contribution >= 0.6 is 11.3 Å². The Hall–Kier alpha value is -5.37. The van der Waals surface area contributed by atoms with Crippen LogP contribution in [0.2, 0.25) is 0 Å². The number of nitrogens with zero attached hydrogens (tertiary/aromatic N) is 5. The first-order valence-corrected chi connectivity index (χ1v) is 23.2. The minimum Gasteiger partial charge on any atom is -0.494 e. The number of benzene rings is 4. The lowest BCUT2D eigenvalue weighted by molar-refractivity contribution is -0.130. The number of aromatic nitrogens is 1. The van der Waals surface area contributed by atoms with Gasteiger partial charge in [0, 0.05) is 50.7 Å². The third-order valence-corrected chi connectivity index (χ3v) is 13.0. The maximum atomic E-state index is 12.8. The molecule has 5 aromatic rings. The summed E-state index contributed by atoms with van der Waals surface area (Å²) in [6.45, 7) is 9.84. The van der Waals surface area contributed by atoms with E-state index < -0.39 is 0 Å². The number of methoxy groups -OCH3 is 4. The molecule has 3 heterocycles. The van der Waals surface area contributed by atoms with Crippen LogP contribution in [0.5, 0.6) is 34.5 Å². The third kappa shape index (κ3) is 12.0. The predicted octanol–water partition coefficient (Wildman–Crippen LogP) is 9.89. The summed E-state index contributed by atoms with van der Waals surface area (Å²) < 4.78 is 35.9. The second kappa shape index (κ2) is 22.8. The first kappa shape index (κ1) is 45.6. The zero-order valence-corrected chi connectivity index (χ0v) is 38.4. The van der Waals surface area contributed by atoms with Gasteiger partial charge >= 0.3 is 0 Å². The van der Waals surface area contributed by atoms with Crippen LogP contribution in [0.1, 0.15) is 81.9 Å². The van der Waals surface area contributed by atoms with Crippen molar-refractivity contribution >= 4 is 33.2 Å². The Bertz CT molecular complexity index is 2230. The molecule has 1 unspecified atom stereocenters. The van der Waals surface area contributed by atoms with Crippen molar-refractivity contribution in [1.82, 2.24) is 19.8 Å². The van der Waals surface area contributed by atoms with Gasteiger partial charge in [0.05, 0.1) is 63.6 Å². The van der Waals surface area contributed by atoms with Crippen LogP contribution in [0.25, 0.3) is 20.8 Å². The average Bonchev–Trinajstić information content (AvgIpc) is 3.97. The molecule has 0 aliphatic carbocycles. The molecule has 0 N–H and O–H groups in total. The molecular weight excluding hydrogens is 815 g/mol. The number of fused-ring (bicyclic) bond motifs is 1. The topological polar surface area (TPSA) is 107 Å². The fraction of sp³-hybridized carbons (Fsp3) is 0.460. The number of hydrogen-bond acceptors (Lipinski definition) is 12. The first-order chi connectivity index (χ1) is 30.9. The standard InChI is InChI=1S/C50H63N5O7S/c1-36(56)55-43(35-42(52-55)39-33-46(58-3)49(60-5)47(34-39)59-4)37-21-22-44(57-2)45(32-37)62-30-15-9-7-13-24-54-27-25-53(26-28-54)23-12-6-8-14-29-61-40-18-16-17-38(31-40)50-51-41-19-10-11-20-48(41)63-50/h10-11,16-22,31-34,43H,6-9,12-15,23-30,35H2,1-5H3. The van der Waals surface area contributed by atoms with Gasteiger partial charge < -0.3 is 38.2 Å². The fourth-order valence-electron chi connectivity index (χ4n) is 8.40. The Kier molecular flexibility index (Phi) is 16.5. The van der Waals surface area contributed by atoms with Crippen LogP contribution in [0.3, 0.4) is 0 Å². The van der Waals surface area contributed by atoms with Gasteiger partial charge in [0.1, 0.15) is 10.8 Å². The lowest BCUT2D eigenvalue weighted by Crippen LogP contribution is -2.46. The van der Waals surface area contributed by atoms with Crippen LogP contribution < -0.4 is 28.4 Å². The van der Waals surface area contributed by atoms with Gasteiger partial charge in [-0.15, -0.1) is 11.3 Å². The largest absolute Gasteiger partial charge is 0.494 e. The Balaban J connectivity index is 0.754. The Morgan fingerprint density at radius 3 is 1.94 bits per heavy atom. The molecule has 1 saturated heterocycles. The minimum atomic E-state index is -0.296. The third-order valence-electron chi connectivity index (χ3n) is 11.9. The molecule has 0 spiro atoms. The number of carbonyl (C=O) groups excluding carboxylic acids is 1. The predicted molar refractivity (Wildman–Crippen MR) is 251 cm³/mol. The summed E-state index contributed by atoms with van der Waals surface area (Å²) in [5, 5.41) is 7.32. The molecule has 0 bridgehead atoms. The van der Waals surface area contributed by atoms with Gasteiger partial charge in [-0.2, -0.15) is 5.10 Å². The average molecular weight is 878 g/mol. The van der Waals surface area contributed by atoms with Crippen LogP contribution in [0.4, 0.5) is 0 Å². The van der Waals surface area contributed by atoms with Gasteiger partial charge in [0.15, 0.2) is 23.0 Å². The highest BCUT2D eigenvalue weighted by molar-refractivity contribution is 7.21. The number of thiazole rings is 1. The van der Waals surface area contributed by atoms with E-state index in [1.807, 2.05) is 42.5 Å². The van der Waals surface area contributed by atoms with Crippen LogP contribution in [0, 0.1) is 0 Å². The quantitative estimate of drug-likeness (QED) is 0.0589. The summed E-state index contributed by atoms with van der Waals surface area (Å²) in [5.41, 5.74) is 4.63. The summed E-state index contributed by atoms with van der Waals surface area (Å²) in [6, 6.07) is 25.9. The van der Waals surface area contributed by atoms with Crippen molar-refractivity contribution in [2.75, 3.05) is 80.9 Å². The summed E-state index contributed by atoms with van der Waals surface area (Å²) in [6.07, 6.45) is 9.71. The Morgan fingerprint density at radius 2 is 1.30 bits per heavy atom. The normalized spacial score (nSPS) is 15.7. The SMILES string of the molecule is COc1ccc(C2CC(c3cc(OC)c(OC)c(OC)c3)=NN2C(C)=O)cc1OCCCCCCN1CCN(CCCCCCOc2cccc(-c3nc4ccccc4s3)c2)CC1. The van der Waals surface area contributed by atoms with Gasteiger partial charge in [0.25, 0.3) is 0 Å². The summed E-state index contributed by atoms with van der Waals surface area (Å²) in [5.74, 6) is 3.68. The van der Waals surface area contributed by atoms with Gasteiger partial charge in [-0.3, -0.25) is 4.79 Å². The van der Waals surface area contributed by atoms with E-state index in [1.54, 1.807) is 39.8 Å². The lowest BCUT2D eigenvalue weighted by Gasteiger charge is -2.34. The molecule has 63 heavy (non-hydrogen) atoms. The fourth-order valence-corrected chi connectivity index (χ4v) is 9.36. The minimum absolute atomic E-state index is 0.146. The highest BCUT2D eigenvalue weighted by atomic mass is 32.1. The molecular formula is C50H63N5O7S. The molecule has 2 aliphatic rings. The number of piperazine rings is 1. The smallest absolute Gasteiger partial charge is 0.240 e. The highest BCUT2D eigenvalue weighted by Gasteiger charge is 2.33. The second-order valence-corrected chi connectivity index (χ2v) is 17.2. The van der Waals surface area contributed by atoms with Crippen molar-refractivity contribution in [3.05, 3.63) is 90.0 Å². The molecule has 0 saturated carbocycles. The number of carbonyl (C=O) groups is 1. The van der Waals surface area contributed by atoms with E-state index in [0.29, 0.717) is 41.8 Å². The molecule has 0 radical (unpaired) electrons. The zero-order valence-electron chi connectivity index (χ0n) is 37.6. The van der Waals surface area contributed by atoms with Crippen molar-refractivity contribution < 1.29 is 33.2 Å². The number of ether oxygens (including phenoxy) is 6. The molecule has 1 aromatic heterocycles. The summed E-state index contributed by atoms with van der Waals surface area (Å²) >= 11 is 1.72. The van der Waals surface area contributed by atoms with Crippen molar-refractivity contribution in [2.24, 2.45) is 5.10 Å². The lowest BCUT2D eigenvalue weighted by atomic mass is 9.97. The molecule has 1 fully saturated rings. The monoisotopic (exact) mass is 877 g/mol. The Labute approximate surface area is 376 Å². The summed E-state index contributed by atoms with van der Waals surface area (Å²) in [4.78, 5) is 22.9. The van der Waals surface area contributed by atoms with Crippen molar-refractivity contribution in [1.29, 1.82) is 0 Å². The number of unbranched alkanes of at least 4 members (excludes halogenated alkanes) is 6. The van der Waals surface area contributed by atoms with Crippen LogP contribution in [0.15, 0.2) is 84.0 Å². The number of rotatable bonds is 23. The van der Waals surface area contributed by atoms with E-state index >= 15 is 0 Å². The molecule has 336 valence electrons. The Morgan fingerprint density at radius 1 is 0.651 bits per heavy atom. The number of para-hydroxylation sites is 1. The van der Waals surface area contributed by atoms with Crippen molar-refractivity contribution in [3.8, 4) is 45.1 Å². The van der Waals surface area contributed by atoms with E-state index in [1.165, 1.54) is 55.3 Å². The molecule has 4 aromatic carbocycles. The number of amides is 1. The first-order valence-electron chi connectivity index (χ1n) is 22.4. The molecule has 2 aliphatic heterocycles. The molecule has 1 amide bonds. The molecule has 13 heteroatoms. The van der Waals surface area contributed by atoms with E-state index in [2.05, 4.69) is 46.2 Å². The van der Waals surface area contributed by atoms with Gasteiger partial charge in [-0.1, -0.05) is 56.0 Å². The van der Waals surface area contributed by atoms with Crippen LogP contribution in [-0.2, 0) is 4.79 Å². The highest BCUT2D eigenvalue weighted by Crippen LogP contribution is 2.42. The van der Waals surface area contributed by atoms with Gasteiger partial charge in [-0.05, 0) is 92.9 Å². The number of hydrogen-bond donors (Lipinski definition) is 0. The van der Waals surface area contributed by atoms with E-state index in [9.17, 15) is 4.79 Å². The molecule has 7 rings (SSSR count). The van der Waals surface area contributed by atoms with Gasteiger partial charge in [-0.25, -0.2) is 9.99 Å². The van der Waals surface area contributed by atoms with Crippen LogP contribution in [-0.4, -0.2) is 112 Å². The molecule has 1 atom stereocenters. The van der Waals surface area contributed by atoms with E-state index in [4.69, 9.17) is 38.5 Å². The number of hydrazone groups is 1. The van der Waals surface area contributed by atoms with Crippen molar-refractivity contribution in [3.63, 3.8) is 0 Å². The second-order valence-electron chi connectivity index (χ2n) is 16.2. The maximum absolute atomic E-state index is 12.8. The van der Waals surface area contributed by atoms with Crippen molar-refractivity contribution in [2.45, 2.75) is 70.8 Å². The van der Waals surface area contributed by atoms with Gasteiger partial charge in [0.2, 0.25) is 11.7 Å². The van der Waals surface area contributed by atoms with E-state index in [0.717, 1.165) is 97.3 Å².